The van der Waals surface area contributed by atoms with Crippen LogP contribution in [0.1, 0.15) is 16.1 Å². The van der Waals surface area contributed by atoms with Gasteiger partial charge in [0, 0.05) is 11.8 Å². The lowest BCUT2D eigenvalue weighted by Crippen LogP contribution is -2.17. The zero-order valence-electron chi connectivity index (χ0n) is 10.8. The average molecular weight is 286 g/mol. The maximum absolute atomic E-state index is 13.5. The molecule has 0 saturated carbocycles. The first kappa shape index (κ1) is 14.5. The van der Waals surface area contributed by atoms with Crippen LogP contribution in [-0.4, -0.2) is 22.6 Å². The summed E-state index contributed by atoms with van der Waals surface area (Å²) in [6.07, 6.45) is 0. The number of carbonyl (C=O) groups excluding carboxylic acids is 1. The van der Waals surface area contributed by atoms with Crippen LogP contribution in [0.25, 0.3) is 0 Å². The highest BCUT2D eigenvalue weighted by molar-refractivity contribution is 6.02. The molecule has 1 amide bonds. The molecule has 1 heterocycles. The van der Waals surface area contributed by atoms with Crippen molar-refractivity contribution >= 4 is 11.6 Å². The maximum atomic E-state index is 13.5. The SMILES string of the molecule is O=C(Nc1ccc(F)c(C#CCO)c1)c1cccc(=O)[nH]1. The fourth-order valence-electron chi connectivity index (χ4n) is 1.61. The van der Waals surface area contributed by atoms with Gasteiger partial charge in [0.2, 0.25) is 5.56 Å². The van der Waals surface area contributed by atoms with Gasteiger partial charge in [-0.2, -0.15) is 0 Å². The number of amides is 1. The van der Waals surface area contributed by atoms with Crippen molar-refractivity contribution < 1.29 is 14.3 Å². The van der Waals surface area contributed by atoms with Gasteiger partial charge in [-0.3, -0.25) is 9.59 Å². The Kier molecular flexibility index (Phi) is 4.49. The molecule has 0 aliphatic rings. The minimum absolute atomic E-state index is 0.0587. The van der Waals surface area contributed by atoms with Crippen molar-refractivity contribution in [2.24, 2.45) is 0 Å². The van der Waals surface area contributed by atoms with E-state index < -0.39 is 17.3 Å². The molecule has 21 heavy (non-hydrogen) atoms. The van der Waals surface area contributed by atoms with Crippen LogP contribution in [0.2, 0.25) is 0 Å². The molecule has 0 saturated heterocycles. The minimum Gasteiger partial charge on any atom is -0.384 e. The fourth-order valence-corrected chi connectivity index (χ4v) is 1.61. The first-order valence-electron chi connectivity index (χ1n) is 6.00. The first-order valence-corrected chi connectivity index (χ1v) is 6.00. The molecular weight excluding hydrogens is 275 g/mol. The number of H-pyrrole nitrogens is 1. The Morgan fingerprint density at radius 3 is 2.86 bits per heavy atom. The summed E-state index contributed by atoms with van der Waals surface area (Å²) in [5.41, 5.74) is 0.0859. The zero-order chi connectivity index (χ0) is 15.2. The van der Waals surface area contributed by atoms with Crippen LogP contribution in [0.3, 0.4) is 0 Å². The lowest BCUT2D eigenvalue weighted by atomic mass is 10.2. The number of aliphatic hydroxyl groups excluding tert-OH is 1. The average Bonchev–Trinajstić information content (AvgIpc) is 2.47. The molecule has 0 unspecified atom stereocenters. The molecule has 2 aromatic rings. The quantitative estimate of drug-likeness (QED) is 0.723. The van der Waals surface area contributed by atoms with E-state index in [1.54, 1.807) is 0 Å². The van der Waals surface area contributed by atoms with Crippen molar-refractivity contribution in [3.8, 4) is 11.8 Å². The van der Waals surface area contributed by atoms with Gasteiger partial charge < -0.3 is 15.4 Å². The molecule has 0 bridgehead atoms. The van der Waals surface area contributed by atoms with Gasteiger partial charge in [-0.1, -0.05) is 17.9 Å². The number of aliphatic hydroxyl groups is 1. The number of nitrogens with one attached hydrogen (secondary N) is 2. The Bertz CT molecular complexity index is 787. The summed E-state index contributed by atoms with van der Waals surface area (Å²) in [6, 6.07) is 8.07. The highest BCUT2D eigenvalue weighted by Gasteiger charge is 2.08. The Hall–Kier alpha value is -2.91. The molecule has 0 atom stereocenters. The maximum Gasteiger partial charge on any atom is 0.272 e. The molecule has 5 nitrogen and oxygen atoms in total. The molecule has 0 aliphatic carbocycles. The molecule has 2 rings (SSSR count). The fraction of sp³-hybridized carbons (Fsp3) is 0.0667. The predicted octanol–water partition coefficient (Wildman–Crippen LogP) is 1.11. The van der Waals surface area contributed by atoms with Gasteiger partial charge in [-0.05, 0) is 24.3 Å². The number of hydrogen-bond donors (Lipinski definition) is 3. The third kappa shape index (κ3) is 3.78. The second-order valence-electron chi connectivity index (χ2n) is 4.04. The zero-order valence-corrected chi connectivity index (χ0v) is 10.8. The molecule has 1 aromatic heterocycles. The normalized spacial score (nSPS) is 9.62. The summed E-state index contributed by atoms with van der Waals surface area (Å²) in [6.45, 7) is -0.388. The van der Waals surface area contributed by atoms with E-state index in [1.165, 1.54) is 30.3 Å². The molecule has 0 fully saturated rings. The summed E-state index contributed by atoms with van der Waals surface area (Å²) in [4.78, 5) is 25.4. The third-order valence-electron chi connectivity index (χ3n) is 2.54. The standard InChI is InChI=1S/C15H11FN2O3/c16-12-7-6-11(9-10(12)3-2-8-19)17-15(21)13-4-1-5-14(20)18-13/h1,4-7,9,19H,8H2,(H,17,21)(H,18,20). The highest BCUT2D eigenvalue weighted by Crippen LogP contribution is 2.14. The van der Waals surface area contributed by atoms with Crippen molar-refractivity contribution in [3.05, 3.63) is 63.8 Å². The largest absolute Gasteiger partial charge is 0.384 e. The lowest BCUT2D eigenvalue weighted by Gasteiger charge is -2.06. The van der Waals surface area contributed by atoms with E-state index in [9.17, 15) is 14.0 Å². The van der Waals surface area contributed by atoms with E-state index in [0.717, 1.165) is 6.07 Å². The van der Waals surface area contributed by atoms with E-state index in [-0.39, 0.29) is 17.9 Å². The van der Waals surface area contributed by atoms with Gasteiger partial charge in [0.15, 0.2) is 0 Å². The molecule has 1 aromatic carbocycles. The van der Waals surface area contributed by atoms with Gasteiger partial charge in [0.1, 0.15) is 18.1 Å². The van der Waals surface area contributed by atoms with Crippen LogP contribution in [0.15, 0.2) is 41.2 Å². The van der Waals surface area contributed by atoms with E-state index >= 15 is 0 Å². The van der Waals surface area contributed by atoms with Crippen molar-refractivity contribution in [3.63, 3.8) is 0 Å². The van der Waals surface area contributed by atoms with E-state index in [0.29, 0.717) is 5.69 Å². The highest BCUT2D eigenvalue weighted by atomic mass is 19.1. The number of benzene rings is 1. The molecule has 3 N–H and O–H groups in total. The first-order chi connectivity index (χ1) is 10.1. The number of carbonyl (C=O) groups is 1. The number of aromatic nitrogens is 1. The third-order valence-corrected chi connectivity index (χ3v) is 2.54. The number of rotatable bonds is 2. The summed E-state index contributed by atoms with van der Waals surface area (Å²) in [5.74, 6) is 3.69. The van der Waals surface area contributed by atoms with Crippen molar-refractivity contribution in [2.75, 3.05) is 11.9 Å². The summed E-state index contributed by atoms with van der Waals surface area (Å²) >= 11 is 0. The second kappa shape index (κ2) is 6.50. The van der Waals surface area contributed by atoms with Crippen LogP contribution in [0, 0.1) is 17.7 Å². The van der Waals surface area contributed by atoms with Gasteiger partial charge in [-0.25, -0.2) is 4.39 Å². The summed E-state index contributed by atoms with van der Waals surface area (Å²) in [5, 5.41) is 11.1. The van der Waals surface area contributed by atoms with Gasteiger partial charge in [-0.15, -0.1) is 0 Å². The Morgan fingerprint density at radius 2 is 2.14 bits per heavy atom. The Morgan fingerprint density at radius 1 is 1.33 bits per heavy atom. The topological polar surface area (TPSA) is 82.2 Å². The second-order valence-corrected chi connectivity index (χ2v) is 4.04. The summed E-state index contributed by atoms with van der Waals surface area (Å²) in [7, 11) is 0. The predicted molar refractivity (Wildman–Crippen MR) is 75.4 cm³/mol. The van der Waals surface area contributed by atoms with Crippen LogP contribution < -0.4 is 10.9 Å². The number of halogens is 1. The van der Waals surface area contributed by atoms with Gasteiger partial charge >= 0.3 is 0 Å². The lowest BCUT2D eigenvalue weighted by molar-refractivity contribution is 0.102. The number of hydrogen-bond acceptors (Lipinski definition) is 3. The minimum atomic E-state index is -0.554. The summed E-state index contributed by atoms with van der Waals surface area (Å²) < 4.78 is 13.5. The van der Waals surface area contributed by atoms with Crippen LogP contribution in [0.5, 0.6) is 0 Å². The van der Waals surface area contributed by atoms with Crippen molar-refractivity contribution in [1.29, 1.82) is 0 Å². The van der Waals surface area contributed by atoms with E-state index in [1.807, 2.05) is 0 Å². The monoisotopic (exact) mass is 286 g/mol. The van der Waals surface area contributed by atoms with Gasteiger partial charge in [0.25, 0.3) is 5.91 Å². The molecule has 6 heteroatoms. The number of anilines is 1. The Labute approximate surface area is 119 Å². The number of pyridine rings is 1. The van der Waals surface area contributed by atoms with Crippen LogP contribution in [-0.2, 0) is 0 Å². The van der Waals surface area contributed by atoms with Crippen LogP contribution >= 0.6 is 0 Å². The van der Waals surface area contributed by atoms with Crippen LogP contribution in [0.4, 0.5) is 10.1 Å². The number of aromatic amines is 1. The molecule has 0 radical (unpaired) electrons. The molecule has 0 aliphatic heterocycles. The van der Waals surface area contributed by atoms with Gasteiger partial charge in [0.05, 0.1) is 5.56 Å². The molecular formula is C15H11FN2O3. The van der Waals surface area contributed by atoms with E-state index in [2.05, 4.69) is 22.1 Å². The van der Waals surface area contributed by atoms with E-state index in [4.69, 9.17) is 5.11 Å². The molecule has 0 spiro atoms. The van der Waals surface area contributed by atoms with Crippen molar-refractivity contribution in [2.45, 2.75) is 0 Å². The van der Waals surface area contributed by atoms with Crippen molar-refractivity contribution in [1.82, 2.24) is 4.98 Å². The smallest absolute Gasteiger partial charge is 0.272 e. The Balaban J connectivity index is 2.23. The molecule has 106 valence electrons.